The summed E-state index contributed by atoms with van der Waals surface area (Å²) in [4.78, 5) is 25.1. The number of thiazole rings is 1. The Morgan fingerprint density at radius 1 is 1.21 bits per heavy atom. The van der Waals surface area contributed by atoms with Crippen molar-refractivity contribution >= 4 is 17.2 Å². The highest BCUT2D eigenvalue weighted by Gasteiger charge is 2.11. The zero-order valence-electron chi connectivity index (χ0n) is 15.7. The maximum Gasteiger partial charge on any atom is 0.226 e. The average molecular weight is 407 g/mol. The maximum absolute atomic E-state index is 14.5. The number of nitrogens with zero attached hydrogens (tertiary/aromatic N) is 4. The number of hydrogen-bond donors (Lipinski definition) is 1. The molecule has 3 heterocycles. The Labute approximate surface area is 171 Å². The number of amides is 1. The summed E-state index contributed by atoms with van der Waals surface area (Å²) in [7, 11) is 0. The molecule has 0 aliphatic carbocycles. The van der Waals surface area contributed by atoms with Crippen LogP contribution in [0.5, 0.6) is 0 Å². The molecule has 0 radical (unpaired) electrons. The summed E-state index contributed by atoms with van der Waals surface area (Å²) in [6, 6.07) is 10.5. The lowest BCUT2D eigenvalue weighted by Crippen LogP contribution is -2.24. The molecule has 4 aromatic rings. The largest absolute Gasteiger partial charge is 0.352 e. The van der Waals surface area contributed by atoms with Gasteiger partial charge in [-0.05, 0) is 36.8 Å². The van der Waals surface area contributed by atoms with E-state index >= 15 is 0 Å². The van der Waals surface area contributed by atoms with Crippen LogP contribution in [0.1, 0.15) is 17.1 Å². The maximum atomic E-state index is 14.5. The molecule has 0 aliphatic heterocycles. The van der Waals surface area contributed by atoms with Gasteiger partial charge in [0.1, 0.15) is 16.6 Å². The molecule has 0 atom stereocenters. The molecular formula is C21H18FN5OS. The summed E-state index contributed by atoms with van der Waals surface area (Å²) in [5, 5.41) is 5.44. The van der Waals surface area contributed by atoms with Gasteiger partial charge in [-0.25, -0.2) is 14.4 Å². The van der Waals surface area contributed by atoms with Crippen LogP contribution >= 0.6 is 11.3 Å². The number of aromatic nitrogens is 4. The minimum Gasteiger partial charge on any atom is -0.352 e. The number of nitrogens with one attached hydrogen (secondary N) is 1. The highest BCUT2D eigenvalue weighted by Crippen LogP contribution is 2.21. The molecular weight excluding hydrogens is 389 g/mol. The molecule has 0 bridgehead atoms. The Balaban J connectivity index is 1.36. The molecule has 3 aromatic heterocycles. The lowest BCUT2D eigenvalue weighted by Gasteiger charge is -2.09. The standard InChI is InChI=1S/C21H18FN5OS/c1-14-23-8-9-27(14)19-6-5-15(10-17(19)22)12-25-20(28)11-16-13-29-21(26-16)18-4-2-3-7-24-18/h2-10,13H,11-12H2,1H3,(H,25,28). The van der Waals surface area contributed by atoms with E-state index in [0.29, 0.717) is 22.8 Å². The Morgan fingerprint density at radius 2 is 2.10 bits per heavy atom. The third kappa shape index (κ3) is 4.38. The molecule has 1 N–H and O–H groups in total. The van der Waals surface area contributed by atoms with Crippen molar-refractivity contribution < 1.29 is 9.18 Å². The first-order chi connectivity index (χ1) is 14.1. The van der Waals surface area contributed by atoms with Crippen LogP contribution in [0, 0.1) is 12.7 Å². The average Bonchev–Trinajstić information content (AvgIpc) is 3.36. The molecule has 4 rings (SSSR count). The molecule has 8 heteroatoms. The van der Waals surface area contributed by atoms with Crippen molar-refractivity contribution in [3.05, 3.63) is 83.3 Å². The summed E-state index contributed by atoms with van der Waals surface area (Å²) in [6.45, 7) is 2.06. The van der Waals surface area contributed by atoms with Crippen LogP contribution in [0.3, 0.4) is 0 Å². The predicted octanol–water partition coefficient (Wildman–Crippen LogP) is 3.70. The predicted molar refractivity (Wildman–Crippen MR) is 109 cm³/mol. The first-order valence-electron chi connectivity index (χ1n) is 9.01. The summed E-state index contributed by atoms with van der Waals surface area (Å²) >= 11 is 1.45. The van der Waals surface area contributed by atoms with Gasteiger partial charge in [0.05, 0.1) is 23.5 Å². The van der Waals surface area contributed by atoms with Crippen LogP contribution < -0.4 is 5.32 Å². The minimum atomic E-state index is -0.364. The number of rotatable bonds is 6. The molecule has 0 fully saturated rings. The minimum absolute atomic E-state index is 0.165. The normalized spacial score (nSPS) is 10.8. The fourth-order valence-corrected chi connectivity index (χ4v) is 3.71. The molecule has 6 nitrogen and oxygen atoms in total. The molecule has 1 aromatic carbocycles. The first-order valence-corrected chi connectivity index (χ1v) is 9.89. The van der Waals surface area contributed by atoms with Crippen LogP contribution in [-0.4, -0.2) is 25.4 Å². The van der Waals surface area contributed by atoms with Crippen molar-refractivity contribution in [1.82, 2.24) is 24.8 Å². The third-order valence-corrected chi connectivity index (χ3v) is 5.28. The van der Waals surface area contributed by atoms with E-state index in [1.54, 1.807) is 35.3 Å². The van der Waals surface area contributed by atoms with Gasteiger partial charge in [-0.2, -0.15) is 0 Å². The number of hydrogen-bond acceptors (Lipinski definition) is 5. The van der Waals surface area contributed by atoms with Gasteiger partial charge >= 0.3 is 0 Å². The topological polar surface area (TPSA) is 72.7 Å². The molecule has 0 saturated heterocycles. The number of benzene rings is 1. The lowest BCUT2D eigenvalue weighted by molar-refractivity contribution is -0.120. The molecule has 1 amide bonds. The lowest BCUT2D eigenvalue weighted by atomic mass is 10.2. The summed E-state index contributed by atoms with van der Waals surface area (Å²) in [5.41, 5.74) is 2.59. The molecule has 0 saturated carbocycles. The smallest absolute Gasteiger partial charge is 0.226 e. The van der Waals surface area contributed by atoms with Gasteiger partial charge in [0, 0.05) is 30.5 Å². The van der Waals surface area contributed by atoms with Gasteiger partial charge in [-0.1, -0.05) is 12.1 Å². The van der Waals surface area contributed by atoms with E-state index < -0.39 is 0 Å². The Morgan fingerprint density at radius 3 is 2.83 bits per heavy atom. The van der Waals surface area contributed by atoms with E-state index in [9.17, 15) is 9.18 Å². The number of halogens is 1. The molecule has 0 spiro atoms. The number of carbonyl (C=O) groups is 1. The highest BCUT2D eigenvalue weighted by atomic mass is 32.1. The van der Waals surface area contributed by atoms with E-state index in [-0.39, 0.29) is 24.7 Å². The monoisotopic (exact) mass is 407 g/mol. The fraction of sp³-hybridized carbons (Fsp3) is 0.143. The second kappa shape index (κ2) is 8.32. The zero-order chi connectivity index (χ0) is 20.2. The quantitative estimate of drug-likeness (QED) is 0.529. The van der Waals surface area contributed by atoms with Crippen molar-refractivity contribution in [2.75, 3.05) is 0 Å². The molecule has 146 valence electrons. The summed E-state index contributed by atoms with van der Waals surface area (Å²) in [6.07, 6.45) is 5.21. The van der Waals surface area contributed by atoms with E-state index in [1.807, 2.05) is 30.5 Å². The van der Waals surface area contributed by atoms with Crippen molar-refractivity contribution in [1.29, 1.82) is 0 Å². The fourth-order valence-electron chi connectivity index (χ4n) is 2.91. The number of aryl methyl sites for hydroxylation is 1. The highest BCUT2D eigenvalue weighted by molar-refractivity contribution is 7.13. The van der Waals surface area contributed by atoms with Gasteiger partial charge in [0.2, 0.25) is 5.91 Å². The summed E-state index contributed by atoms with van der Waals surface area (Å²) in [5.74, 6) is 0.174. The SMILES string of the molecule is Cc1nccn1-c1ccc(CNC(=O)Cc2csc(-c3ccccn3)n2)cc1F. The van der Waals surface area contributed by atoms with E-state index in [2.05, 4.69) is 20.3 Å². The van der Waals surface area contributed by atoms with Crippen LogP contribution in [0.25, 0.3) is 16.4 Å². The van der Waals surface area contributed by atoms with Crippen molar-refractivity contribution in [3.8, 4) is 16.4 Å². The Bertz CT molecular complexity index is 1140. The van der Waals surface area contributed by atoms with E-state index in [4.69, 9.17) is 0 Å². The third-order valence-electron chi connectivity index (χ3n) is 4.36. The van der Waals surface area contributed by atoms with Crippen molar-refractivity contribution in [3.63, 3.8) is 0 Å². The van der Waals surface area contributed by atoms with Crippen LogP contribution in [0.4, 0.5) is 4.39 Å². The van der Waals surface area contributed by atoms with Crippen LogP contribution in [-0.2, 0) is 17.8 Å². The van der Waals surface area contributed by atoms with Gasteiger partial charge < -0.3 is 9.88 Å². The molecule has 0 aliphatic rings. The van der Waals surface area contributed by atoms with E-state index in [1.165, 1.54) is 17.4 Å². The van der Waals surface area contributed by atoms with Gasteiger partial charge in [0.15, 0.2) is 0 Å². The van der Waals surface area contributed by atoms with Crippen LogP contribution in [0.2, 0.25) is 0 Å². The van der Waals surface area contributed by atoms with Gasteiger partial charge in [-0.15, -0.1) is 11.3 Å². The Hall–Kier alpha value is -3.39. The van der Waals surface area contributed by atoms with Crippen molar-refractivity contribution in [2.45, 2.75) is 19.9 Å². The van der Waals surface area contributed by atoms with Crippen LogP contribution in [0.15, 0.2) is 60.4 Å². The van der Waals surface area contributed by atoms with Crippen molar-refractivity contribution in [2.24, 2.45) is 0 Å². The molecule has 29 heavy (non-hydrogen) atoms. The number of carbonyl (C=O) groups excluding carboxylic acids is 1. The van der Waals surface area contributed by atoms with E-state index in [0.717, 1.165) is 10.7 Å². The second-order valence-corrected chi connectivity index (χ2v) is 7.30. The van der Waals surface area contributed by atoms with Gasteiger partial charge in [-0.3, -0.25) is 9.78 Å². The first kappa shape index (κ1) is 18.9. The summed E-state index contributed by atoms with van der Waals surface area (Å²) < 4.78 is 16.1. The second-order valence-electron chi connectivity index (χ2n) is 6.44. The molecule has 0 unspecified atom stereocenters. The zero-order valence-corrected chi connectivity index (χ0v) is 16.5. The van der Waals surface area contributed by atoms with Gasteiger partial charge in [0.25, 0.3) is 0 Å². The number of imidazole rings is 1. The number of pyridine rings is 1. The Kier molecular flexibility index (Phi) is 5.44.